The fourth-order valence-corrected chi connectivity index (χ4v) is 1.76. The number of aryl methyl sites for hydroxylation is 1. The van der Waals surface area contributed by atoms with Crippen molar-refractivity contribution < 1.29 is 4.52 Å². The molecule has 3 rings (SSSR count). The van der Waals surface area contributed by atoms with Crippen molar-refractivity contribution in [2.75, 3.05) is 0 Å². The number of nitrogens with zero attached hydrogens (tertiary/aromatic N) is 3. The lowest BCUT2D eigenvalue weighted by Crippen LogP contribution is -2.15. The van der Waals surface area contributed by atoms with Crippen LogP contribution in [0.15, 0.2) is 23.0 Å². The molecule has 0 amide bonds. The third-order valence-corrected chi connectivity index (χ3v) is 2.84. The predicted molar refractivity (Wildman–Crippen MR) is 62.4 cm³/mol. The standard InChI is InChI=1S/C12H16N4O/c1-9-5-14-16(7-9)8-12-4-11(15-17-12)6-13-10-2-3-10/h4-5,7,10,13H,2-3,6,8H2,1H3. The average molecular weight is 232 g/mol. The highest BCUT2D eigenvalue weighted by Crippen LogP contribution is 2.19. The van der Waals surface area contributed by atoms with Gasteiger partial charge in [0.25, 0.3) is 0 Å². The molecule has 1 aliphatic rings. The zero-order chi connectivity index (χ0) is 11.7. The number of nitrogens with one attached hydrogen (secondary N) is 1. The molecule has 5 nitrogen and oxygen atoms in total. The van der Waals surface area contributed by atoms with Crippen LogP contribution in [0.1, 0.15) is 29.9 Å². The van der Waals surface area contributed by atoms with E-state index in [2.05, 4.69) is 15.6 Å². The highest BCUT2D eigenvalue weighted by Gasteiger charge is 2.20. The van der Waals surface area contributed by atoms with E-state index in [9.17, 15) is 0 Å². The van der Waals surface area contributed by atoms with Gasteiger partial charge in [-0.3, -0.25) is 4.68 Å². The van der Waals surface area contributed by atoms with Crippen molar-refractivity contribution >= 4 is 0 Å². The van der Waals surface area contributed by atoms with Gasteiger partial charge in [0.05, 0.1) is 11.9 Å². The molecule has 2 aromatic rings. The molecule has 1 N–H and O–H groups in total. The van der Waals surface area contributed by atoms with E-state index in [0.29, 0.717) is 12.6 Å². The Morgan fingerprint density at radius 2 is 2.41 bits per heavy atom. The number of hydrogen-bond acceptors (Lipinski definition) is 4. The molecule has 0 radical (unpaired) electrons. The molecule has 0 aromatic carbocycles. The lowest BCUT2D eigenvalue weighted by atomic mass is 10.3. The highest BCUT2D eigenvalue weighted by atomic mass is 16.5. The predicted octanol–water partition coefficient (Wildman–Crippen LogP) is 1.48. The summed E-state index contributed by atoms with van der Waals surface area (Å²) in [4.78, 5) is 0. The van der Waals surface area contributed by atoms with Crippen LogP contribution in [-0.2, 0) is 13.1 Å². The van der Waals surface area contributed by atoms with Crippen LogP contribution in [0, 0.1) is 6.92 Å². The van der Waals surface area contributed by atoms with Crippen molar-refractivity contribution in [2.45, 2.75) is 38.9 Å². The summed E-state index contributed by atoms with van der Waals surface area (Å²) >= 11 is 0. The molecule has 90 valence electrons. The SMILES string of the molecule is Cc1cnn(Cc2cc(CNC3CC3)no2)c1. The van der Waals surface area contributed by atoms with Gasteiger partial charge in [-0.05, 0) is 25.3 Å². The van der Waals surface area contributed by atoms with Crippen molar-refractivity contribution in [3.05, 3.63) is 35.5 Å². The van der Waals surface area contributed by atoms with E-state index >= 15 is 0 Å². The van der Waals surface area contributed by atoms with Crippen molar-refractivity contribution in [3.63, 3.8) is 0 Å². The van der Waals surface area contributed by atoms with Crippen LogP contribution < -0.4 is 5.32 Å². The maximum absolute atomic E-state index is 5.28. The molecule has 0 atom stereocenters. The Bertz CT molecular complexity index is 498. The molecule has 2 heterocycles. The molecule has 0 aliphatic heterocycles. The molecular formula is C12H16N4O. The lowest BCUT2D eigenvalue weighted by Gasteiger charge is -1.96. The van der Waals surface area contributed by atoms with Gasteiger partial charge in [0, 0.05) is 24.8 Å². The zero-order valence-corrected chi connectivity index (χ0v) is 9.89. The minimum absolute atomic E-state index is 0.643. The molecule has 1 saturated carbocycles. The van der Waals surface area contributed by atoms with Crippen LogP contribution in [0.5, 0.6) is 0 Å². The Kier molecular flexibility index (Phi) is 2.68. The van der Waals surface area contributed by atoms with Gasteiger partial charge in [0.15, 0.2) is 5.76 Å². The van der Waals surface area contributed by atoms with Crippen LogP contribution >= 0.6 is 0 Å². The average Bonchev–Trinajstić information content (AvgIpc) is 2.90. The van der Waals surface area contributed by atoms with Crippen LogP contribution in [0.3, 0.4) is 0 Å². The van der Waals surface area contributed by atoms with Crippen LogP contribution in [0.25, 0.3) is 0 Å². The van der Waals surface area contributed by atoms with Gasteiger partial charge in [-0.1, -0.05) is 5.16 Å². The molecular weight excluding hydrogens is 216 g/mol. The van der Waals surface area contributed by atoms with Crippen molar-refractivity contribution in [1.29, 1.82) is 0 Å². The smallest absolute Gasteiger partial charge is 0.158 e. The fourth-order valence-electron chi connectivity index (χ4n) is 1.76. The van der Waals surface area contributed by atoms with Crippen LogP contribution in [-0.4, -0.2) is 21.0 Å². The van der Waals surface area contributed by atoms with E-state index in [1.165, 1.54) is 12.8 Å². The van der Waals surface area contributed by atoms with Gasteiger partial charge in [-0.2, -0.15) is 5.10 Å². The molecule has 5 heteroatoms. The number of aromatic nitrogens is 3. The van der Waals surface area contributed by atoms with Gasteiger partial charge < -0.3 is 9.84 Å². The quantitative estimate of drug-likeness (QED) is 0.848. The lowest BCUT2D eigenvalue weighted by molar-refractivity contribution is 0.364. The fraction of sp³-hybridized carbons (Fsp3) is 0.500. The Morgan fingerprint density at radius 3 is 3.12 bits per heavy atom. The Morgan fingerprint density at radius 1 is 1.53 bits per heavy atom. The first-order valence-corrected chi connectivity index (χ1v) is 5.96. The first-order valence-electron chi connectivity index (χ1n) is 5.96. The molecule has 0 spiro atoms. The summed E-state index contributed by atoms with van der Waals surface area (Å²) in [5.74, 6) is 0.848. The maximum atomic E-state index is 5.28. The van der Waals surface area contributed by atoms with Gasteiger partial charge in [-0.15, -0.1) is 0 Å². The number of rotatable bonds is 5. The summed E-state index contributed by atoms with van der Waals surface area (Å²) < 4.78 is 7.13. The van der Waals surface area contributed by atoms with E-state index in [-0.39, 0.29) is 0 Å². The normalized spacial score (nSPS) is 15.4. The summed E-state index contributed by atoms with van der Waals surface area (Å²) in [5, 5.41) is 11.7. The van der Waals surface area contributed by atoms with E-state index in [1.807, 2.05) is 30.1 Å². The summed E-state index contributed by atoms with van der Waals surface area (Å²) in [6.07, 6.45) is 6.41. The van der Waals surface area contributed by atoms with Crippen LogP contribution in [0.2, 0.25) is 0 Å². The van der Waals surface area contributed by atoms with Gasteiger partial charge >= 0.3 is 0 Å². The Balaban J connectivity index is 1.59. The highest BCUT2D eigenvalue weighted by molar-refractivity contribution is 5.07. The van der Waals surface area contributed by atoms with Crippen LogP contribution in [0.4, 0.5) is 0 Å². The van der Waals surface area contributed by atoms with Crippen molar-refractivity contribution in [1.82, 2.24) is 20.3 Å². The first-order chi connectivity index (χ1) is 8.29. The molecule has 0 bridgehead atoms. The summed E-state index contributed by atoms with van der Waals surface area (Å²) in [6, 6.07) is 2.69. The monoisotopic (exact) mass is 232 g/mol. The second-order valence-electron chi connectivity index (χ2n) is 4.66. The molecule has 0 unspecified atom stereocenters. The Hall–Kier alpha value is -1.62. The second kappa shape index (κ2) is 4.33. The van der Waals surface area contributed by atoms with Gasteiger partial charge in [0.2, 0.25) is 0 Å². The molecule has 17 heavy (non-hydrogen) atoms. The minimum Gasteiger partial charge on any atom is -0.359 e. The first kappa shape index (κ1) is 10.5. The second-order valence-corrected chi connectivity index (χ2v) is 4.66. The third-order valence-electron chi connectivity index (χ3n) is 2.84. The molecule has 0 saturated heterocycles. The summed E-state index contributed by atoms with van der Waals surface area (Å²) in [6.45, 7) is 3.46. The van der Waals surface area contributed by atoms with Gasteiger partial charge in [0.1, 0.15) is 6.54 Å². The topological polar surface area (TPSA) is 55.9 Å². The maximum Gasteiger partial charge on any atom is 0.158 e. The van der Waals surface area contributed by atoms with E-state index in [0.717, 1.165) is 23.6 Å². The molecule has 1 aliphatic carbocycles. The van der Waals surface area contributed by atoms with Gasteiger partial charge in [-0.25, -0.2) is 0 Å². The Labute approximate surface area is 99.8 Å². The van der Waals surface area contributed by atoms with E-state index < -0.39 is 0 Å². The van der Waals surface area contributed by atoms with Crippen molar-refractivity contribution in [2.24, 2.45) is 0 Å². The third kappa shape index (κ3) is 2.74. The summed E-state index contributed by atoms with van der Waals surface area (Å²) in [7, 11) is 0. The largest absolute Gasteiger partial charge is 0.359 e. The zero-order valence-electron chi connectivity index (χ0n) is 9.89. The van der Waals surface area contributed by atoms with E-state index in [4.69, 9.17) is 4.52 Å². The molecule has 1 fully saturated rings. The number of hydrogen-bond donors (Lipinski definition) is 1. The van der Waals surface area contributed by atoms with E-state index in [1.54, 1.807) is 0 Å². The van der Waals surface area contributed by atoms with Crippen molar-refractivity contribution in [3.8, 4) is 0 Å². The molecule has 2 aromatic heterocycles. The summed E-state index contributed by atoms with van der Waals surface area (Å²) in [5.41, 5.74) is 2.12. The minimum atomic E-state index is 0.643.